The summed E-state index contributed by atoms with van der Waals surface area (Å²) in [6, 6.07) is 4.23. The van der Waals surface area contributed by atoms with Gasteiger partial charge in [0, 0.05) is 18.7 Å². The monoisotopic (exact) mass is 527 g/mol. The Kier molecular flexibility index (Phi) is 10.9. The number of rotatable bonds is 10. The average molecular weight is 528 g/mol. The third-order valence-corrected chi connectivity index (χ3v) is 5.88. The van der Waals surface area contributed by atoms with E-state index in [1.807, 2.05) is 0 Å². The Bertz CT molecular complexity index is 836. The number of carbonyl (C=O) groups excluding carboxylic acids is 3. The van der Waals surface area contributed by atoms with Gasteiger partial charge in [-0.15, -0.1) is 0 Å². The number of halogens is 1. The number of esters is 1. The van der Waals surface area contributed by atoms with Crippen molar-refractivity contribution < 1.29 is 23.9 Å². The molecule has 2 N–H and O–H groups in total. The Morgan fingerprint density at radius 3 is 2.75 bits per heavy atom. The van der Waals surface area contributed by atoms with Crippen LogP contribution in [0.15, 0.2) is 22.7 Å². The van der Waals surface area contributed by atoms with Crippen LogP contribution in [0.1, 0.15) is 56.3 Å². The van der Waals surface area contributed by atoms with Crippen molar-refractivity contribution in [1.82, 2.24) is 15.5 Å². The molecular weight excluding hydrogens is 498 g/mol. The molecule has 1 unspecified atom stereocenters. The minimum absolute atomic E-state index is 0.0894. The zero-order valence-corrected chi connectivity index (χ0v) is 20.9. The zero-order chi connectivity index (χ0) is 23.5. The number of amides is 2. The molecule has 0 spiro atoms. The third-order valence-electron chi connectivity index (χ3n) is 4.93. The maximum absolute atomic E-state index is 12.7. The van der Waals surface area contributed by atoms with E-state index in [-0.39, 0.29) is 24.0 Å². The Balaban J connectivity index is 1.98. The highest BCUT2D eigenvalue weighted by Gasteiger charge is 2.34. The van der Waals surface area contributed by atoms with E-state index < -0.39 is 17.9 Å². The summed E-state index contributed by atoms with van der Waals surface area (Å²) < 4.78 is 11.4. The molecule has 1 aromatic carbocycles. The van der Waals surface area contributed by atoms with Crippen LogP contribution in [0, 0.1) is 0 Å². The van der Waals surface area contributed by atoms with Crippen LogP contribution in [-0.4, -0.2) is 60.1 Å². The van der Waals surface area contributed by atoms with Gasteiger partial charge in [-0.05, 0) is 59.7 Å². The number of hydrogen-bond donors (Lipinski definition) is 2. The van der Waals surface area contributed by atoms with Gasteiger partial charge in [-0.3, -0.25) is 19.7 Å². The minimum atomic E-state index is -0.828. The van der Waals surface area contributed by atoms with Crippen molar-refractivity contribution >= 4 is 51.0 Å². The smallest absolute Gasteiger partial charge is 0.308 e. The molecule has 1 aliphatic rings. The lowest BCUT2D eigenvalue weighted by Gasteiger charge is -2.36. The highest BCUT2D eigenvalue weighted by atomic mass is 79.9. The lowest BCUT2D eigenvalue weighted by Crippen LogP contribution is -2.60. The van der Waals surface area contributed by atoms with Gasteiger partial charge in [0.05, 0.1) is 24.1 Å². The molecule has 1 saturated heterocycles. The first kappa shape index (κ1) is 26.1. The van der Waals surface area contributed by atoms with Crippen molar-refractivity contribution in [3.8, 4) is 5.75 Å². The number of piperazine rings is 1. The van der Waals surface area contributed by atoms with Gasteiger partial charge in [0.1, 0.15) is 11.8 Å². The van der Waals surface area contributed by atoms with Crippen LogP contribution in [0.4, 0.5) is 0 Å². The number of nitrogens with one attached hydrogen (secondary N) is 2. The summed E-state index contributed by atoms with van der Waals surface area (Å²) in [4.78, 5) is 38.4. The molecule has 1 fully saturated rings. The summed E-state index contributed by atoms with van der Waals surface area (Å²) in [5.41, 5.74) is 0.390. The number of ether oxygens (including phenoxy) is 2. The van der Waals surface area contributed by atoms with E-state index in [4.69, 9.17) is 21.7 Å². The number of unbranched alkanes of at least 4 members (excludes halogenated alkanes) is 3. The molecule has 1 aromatic rings. The molecule has 8 nitrogen and oxygen atoms in total. The summed E-state index contributed by atoms with van der Waals surface area (Å²) in [6.45, 7) is 5.44. The van der Waals surface area contributed by atoms with Gasteiger partial charge in [0.2, 0.25) is 5.91 Å². The quantitative estimate of drug-likeness (QED) is 0.274. The fraction of sp³-hybridized carbons (Fsp3) is 0.545. The third kappa shape index (κ3) is 7.74. The zero-order valence-electron chi connectivity index (χ0n) is 18.4. The number of carbonyl (C=O) groups is 3. The SMILES string of the molecule is CCCCCCOc1ccc(C(=O)NC(=S)N2CCNC(=O)C2CC(=O)OCC)cc1Br. The Morgan fingerprint density at radius 1 is 1.28 bits per heavy atom. The lowest BCUT2D eigenvalue weighted by atomic mass is 10.1. The minimum Gasteiger partial charge on any atom is -0.492 e. The first-order valence-corrected chi connectivity index (χ1v) is 12.0. The summed E-state index contributed by atoms with van der Waals surface area (Å²) in [6.07, 6.45) is 4.31. The topological polar surface area (TPSA) is 97.0 Å². The molecule has 32 heavy (non-hydrogen) atoms. The molecule has 0 radical (unpaired) electrons. The lowest BCUT2D eigenvalue weighted by molar-refractivity contribution is -0.147. The Hall–Kier alpha value is -2.20. The normalized spacial score (nSPS) is 15.7. The van der Waals surface area contributed by atoms with E-state index >= 15 is 0 Å². The number of nitrogens with zero attached hydrogens (tertiary/aromatic N) is 1. The molecule has 0 aliphatic carbocycles. The van der Waals surface area contributed by atoms with Crippen molar-refractivity contribution in [2.75, 3.05) is 26.3 Å². The summed E-state index contributed by atoms with van der Waals surface area (Å²) >= 11 is 8.82. The molecule has 176 valence electrons. The number of thiocarbonyl (C=S) groups is 1. The standard InChI is InChI=1S/C22H30BrN3O5S/c1-3-5-6-7-12-31-18-9-8-15(13-16(18)23)20(28)25-22(32)26-11-10-24-21(29)17(26)14-19(27)30-4-2/h8-9,13,17H,3-7,10-12,14H2,1-2H3,(H,24,29)(H,25,28,32). The molecular formula is C22H30BrN3O5S. The average Bonchev–Trinajstić information content (AvgIpc) is 2.76. The van der Waals surface area contributed by atoms with E-state index in [0.717, 1.165) is 12.8 Å². The van der Waals surface area contributed by atoms with Gasteiger partial charge in [-0.25, -0.2) is 0 Å². The second kappa shape index (κ2) is 13.4. The van der Waals surface area contributed by atoms with Gasteiger partial charge >= 0.3 is 5.97 Å². The summed E-state index contributed by atoms with van der Waals surface area (Å²) in [7, 11) is 0. The molecule has 2 amide bonds. The highest BCUT2D eigenvalue weighted by molar-refractivity contribution is 9.10. The molecule has 0 saturated carbocycles. The number of benzene rings is 1. The maximum Gasteiger partial charge on any atom is 0.308 e. The van der Waals surface area contributed by atoms with E-state index in [9.17, 15) is 14.4 Å². The first-order valence-electron chi connectivity index (χ1n) is 10.8. The molecule has 1 heterocycles. The molecule has 0 bridgehead atoms. The van der Waals surface area contributed by atoms with E-state index in [0.29, 0.717) is 35.5 Å². The van der Waals surface area contributed by atoms with Gasteiger partial charge in [-0.1, -0.05) is 26.2 Å². The van der Waals surface area contributed by atoms with Gasteiger partial charge < -0.3 is 19.7 Å². The Morgan fingerprint density at radius 2 is 2.06 bits per heavy atom. The summed E-state index contributed by atoms with van der Waals surface area (Å²) in [5, 5.41) is 5.46. The van der Waals surface area contributed by atoms with Crippen molar-refractivity contribution in [2.45, 2.75) is 52.0 Å². The molecule has 2 rings (SSSR count). The molecule has 0 aromatic heterocycles. The Labute approximate surface area is 202 Å². The second-order valence-corrected chi connectivity index (χ2v) is 8.56. The van der Waals surface area contributed by atoms with Crippen LogP contribution in [0.5, 0.6) is 5.75 Å². The fourth-order valence-electron chi connectivity index (χ4n) is 3.25. The highest BCUT2D eigenvalue weighted by Crippen LogP contribution is 2.26. The predicted octanol–water partition coefficient (Wildman–Crippen LogP) is 3.18. The van der Waals surface area contributed by atoms with Crippen molar-refractivity contribution in [2.24, 2.45) is 0 Å². The maximum atomic E-state index is 12.7. The molecule has 1 aliphatic heterocycles. The van der Waals surface area contributed by atoms with Crippen LogP contribution in [-0.2, 0) is 14.3 Å². The molecule has 10 heteroatoms. The van der Waals surface area contributed by atoms with Crippen LogP contribution >= 0.6 is 28.1 Å². The van der Waals surface area contributed by atoms with Crippen LogP contribution < -0.4 is 15.4 Å². The van der Waals surface area contributed by atoms with Gasteiger partial charge in [0.25, 0.3) is 5.91 Å². The van der Waals surface area contributed by atoms with Crippen LogP contribution in [0.2, 0.25) is 0 Å². The van der Waals surface area contributed by atoms with Crippen molar-refractivity contribution in [1.29, 1.82) is 0 Å². The van der Waals surface area contributed by atoms with Crippen molar-refractivity contribution in [3.05, 3.63) is 28.2 Å². The van der Waals surface area contributed by atoms with Crippen LogP contribution in [0.3, 0.4) is 0 Å². The number of hydrogen-bond acceptors (Lipinski definition) is 6. The van der Waals surface area contributed by atoms with Crippen molar-refractivity contribution in [3.63, 3.8) is 0 Å². The second-order valence-electron chi connectivity index (χ2n) is 7.32. The van der Waals surface area contributed by atoms with E-state index in [1.165, 1.54) is 12.8 Å². The predicted molar refractivity (Wildman–Crippen MR) is 129 cm³/mol. The largest absolute Gasteiger partial charge is 0.492 e. The summed E-state index contributed by atoms with van der Waals surface area (Å²) in [5.74, 6) is -0.569. The van der Waals surface area contributed by atoms with Gasteiger partial charge in [0.15, 0.2) is 5.11 Å². The van der Waals surface area contributed by atoms with E-state index in [2.05, 4.69) is 33.5 Å². The van der Waals surface area contributed by atoms with E-state index in [1.54, 1.807) is 30.0 Å². The molecule has 1 atom stereocenters. The first-order chi connectivity index (χ1) is 15.4. The van der Waals surface area contributed by atoms with Gasteiger partial charge in [-0.2, -0.15) is 0 Å². The fourth-order valence-corrected chi connectivity index (χ4v) is 4.05. The van der Waals surface area contributed by atoms with Crippen LogP contribution in [0.25, 0.3) is 0 Å².